The van der Waals surface area contributed by atoms with Gasteiger partial charge < -0.3 is 5.73 Å². The van der Waals surface area contributed by atoms with Gasteiger partial charge in [-0.25, -0.2) is 9.97 Å². The van der Waals surface area contributed by atoms with Crippen molar-refractivity contribution >= 4 is 28.8 Å². The molecular weight excluding hydrogens is 242 g/mol. The third kappa shape index (κ3) is 2.03. The lowest BCUT2D eigenvalue weighted by Crippen LogP contribution is -2.03. The number of rotatable bonds is 2. The molecule has 0 saturated carbocycles. The summed E-state index contributed by atoms with van der Waals surface area (Å²) >= 11 is 7.34. The number of hydrogen-bond donors (Lipinski definition) is 1. The quantitative estimate of drug-likeness (QED) is 0.893. The molecule has 3 nitrogen and oxygen atoms in total. The molecule has 0 atom stereocenters. The van der Waals surface area contributed by atoms with Crippen molar-refractivity contribution in [2.45, 2.75) is 20.3 Å². The minimum absolute atomic E-state index is 0.564. The van der Waals surface area contributed by atoms with E-state index in [1.54, 1.807) is 0 Å². The number of aromatic nitrogens is 2. The third-order valence-electron chi connectivity index (χ3n) is 2.39. The van der Waals surface area contributed by atoms with E-state index in [1.807, 2.05) is 26.0 Å². The van der Waals surface area contributed by atoms with Crippen LogP contribution >= 0.6 is 22.9 Å². The van der Waals surface area contributed by atoms with Crippen molar-refractivity contribution in [3.05, 3.63) is 27.7 Å². The lowest BCUT2D eigenvalue weighted by atomic mass is 10.1. The Morgan fingerprint density at radius 2 is 2.12 bits per heavy atom. The molecule has 0 aliphatic carbocycles. The Labute approximate surface area is 103 Å². The fraction of sp³-hybridized carbons (Fsp3) is 0.273. The monoisotopic (exact) mass is 253 g/mol. The van der Waals surface area contributed by atoms with E-state index in [0.29, 0.717) is 11.6 Å². The first-order valence-electron chi connectivity index (χ1n) is 5.00. The molecule has 0 radical (unpaired) electrons. The van der Waals surface area contributed by atoms with Gasteiger partial charge in [-0.05, 0) is 25.5 Å². The van der Waals surface area contributed by atoms with E-state index in [1.165, 1.54) is 11.3 Å². The van der Waals surface area contributed by atoms with Crippen molar-refractivity contribution < 1.29 is 0 Å². The molecule has 5 heteroatoms. The van der Waals surface area contributed by atoms with E-state index < -0.39 is 0 Å². The first-order chi connectivity index (χ1) is 7.61. The van der Waals surface area contributed by atoms with Gasteiger partial charge in [-0.3, -0.25) is 0 Å². The van der Waals surface area contributed by atoms with Gasteiger partial charge in [0.05, 0.1) is 9.21 Å². The predicted octanol–water partition coefficient (Wildman–Crippen LogP) is 3.31. The summed E-state index contributed by atoms with van der Waals surface area (Å²) in [6, 6.07) is 3.75. The highest BCUT2D eigenvalue weighted by Gasteiger charge is 2.10. The summed E-state index contributed by atoms with van der Waals surface area (Å²) in [6.07, 6.45) is 0.850. The summed E-state index contributed by atoms with van der Waals surface area (Å²) in [5.41, 5.74) is 7.86. The minimum atomic E-state index is 0.564. The van der Waals surface area contributed by atoms with Crippen molar-refractivity contribution in [3.8, 4) is 10.7 Å². The van der Waals surface area contributed by atoms with E-state index in [9.17, 15) is 0 Å². The van der Waals surface area contributed by atoms with Gasteiger partial charge in [-0.15, -0.1) is 11.3 Å². The zero-order valence-electron chi connectivity index (χ0n) is 9.12. The van der Waals surface area contributed by atoms with Crippen LogP contribution in [0.2, 0.25) is 4.34 Å². The van der Waals surface area contributed by atoms with Gasteiger partial charge in [-0.1, -0.05) is 18.5 Å². The second kappa shape index (κ2) is 4.39. The normalized spacial score (nSPS) is 10.7. The molecule has 84 valence electrons. The number of aryl methyl sites for hydroxylation is 1. The molecule has 0 fully saturated rings. The molecule has 2 rings (SSSR count). The second-order valence-electron chi connectivity index (χ2n) is 3.45. The number of anilines is 1. The fourth-order valence-corrected chi connectivity index (χ4v) is 2.58. The van der Waals surface area contributed by atoms with Crippen LogP contribution in [-0.2, 0) is 6.42 Å². The van der Waals surface area contributed by atoms with Gasteiger partial charge in [0.2, 0.25) is 0 Å². The highest BCUT2D eigenvalue weighted by Crippen LogP contribution is 2.30. The Bertz CT molecular complexity index is 499. The third-order valence-corrected chi connectivity index (χ3v) is 3.62. The van der Waals surface area contributed by atoms with Crippen LogP contribution in [0.3, 0.4) is 0 Å². The van der Waals surface area contributed by atoms with Crippen LogP contribution in [0, 0.1) is 6.92 Å². The van der Waals surface area contributed by atoms with Crippen molar-refractivity contribution in [1.29, 1.82) is 0 Å². The number of nitrogen functional groups attached to an aromatic ring is 1. The molecule has 2 N–H and O–H groups in total. The number of halogens is 1. The van der Waals surface area contributed by atoms with E-state index in [0.717, 1.165) is 26.9 Å². The number of nitrogens with zero attached hydrogens (tertiary/aromatic N) is 2. The molecule has 0 aliphatic rings. The maximum absolute atomic E-state index is 5.90. The molecule has 0 saturated heterocycles. The summed E-state index contributed by atoms with van der Waals surface area (Å²) in [4.78, 5) is 9.70. The Kier molecular flexibility index (Phi) is 3.12. The summed E-state index contributed by atoms with van der Waals surface area (Å²) in [6.45, 7) is 4.00. The largest absolute Gasteiger partial charge is 0.383 e. The van der Waals surface area contributed by atoms with E-state index in [-0.39, 0.29) is 0 Å². The lowest BCUT2D eigenvalue weighted by molar-refractivity contribution is 1.01. The van der Waals surface area contributed by atoms with Crippen molar-refractivity contribution in [2.75, 3.05) is 5.73 Å². The van der Waals surface area contributed by atoms with Gasteiger partial charge in [-0.2, -0.15) is 0 Å². The standard InChI is InChI=1S/C11H12ClN3S/c1-3-7-6(2)14-11(15-10(7)13)8-4-5-9(12)16-8/h4-5H,3H2,1-2H3,(H2,13,14,15). The van der Waals surface area contributed by atoms with E-state index in [4.69, 9.17) is 17.3 Å². The van der Waals surface area contributed by atoms with Crippen molar-refractivity contribution in [1.82, 2.24) is 9.97 Å². The van der Waals surface area contributed by atoms with Crippen LogP contribution < -0.4 is 5.73 Å². The fourth-order valence-electron chi connectivity index (χ4n) is 1.60. The van der Waals surface area contributed by atoms with Crippen molar-refractivity contribution in [3.63, 3.8) is 0 Å². The van der Waals surface area contributed by atoms with Gasteiger partial charge in [0.25, 0.3) is 0 Å². The van der Waals surface area contributed by atoms with Crippen molar-refractivity contribution in [2.24, 2.45) is 0 Å². The maximum Gasteiger partial charge on any atom is 0.171 e. The Balaban J connectivity index is 2.52. The number of nitrogens with two attached hydrogens (primary N) is 1. The highest BCUT2D eigenvalue weighted by molar-refractivity contribution is 7.19. The average molecular weight is 254 g/mol. The minimum Gasteiger partial charge on any atom is -0.383 e. The summed E-state index contributed by atoms with van der Waals surface area (Å²) < 4.78 is 0.731. The van der Waals surface area contributed by atoms with Gasteiger partial charge >= 0.3 is 0 Å². The van der Waals surface area contributed by atoms with Crippen LogP contribution in [0.5, 0.6) is 0 Å². The van der Waals surface area contributed by atoms with E-state index >= 15 is 0 Å². The smallest absolute Gasteiger partial charge is 0.171 e. The highest BCUT2D eigenvalue weighted by atomic mass is 35.5. The molecule has 0 bridgehead atoms. The maximum atomic E-state index is 5.90. The summed E-state index contributed by atoms with van der Waals surface area (Å²) in [5, 5.41) is 0. The SMILES string of the molecule is CCc1c(C)nc(-c2ccc(Cl)s2)nc1N. The van der Waals surface area contributed by atoms with Gasteiger partial charge in [0, 0.05) is 11.3 Å². The lowest BCUT2D eigenvalue weighted by Gasteiger charge is -2.07. The Hall–Kier alpha value is -1.13. The zero-order valence-corrected chi connectivity index (χ0v) is 10.7. The molecule has 2 heterocycles. The second-order valence-corrected chi connectivity index (χ2v) is 5.17. The predicted molar refractivity (Wildman–Crippen MR) is 68.9 cm³/mol. The number of hydrogen-bond acceptors (Lipinski definition) is 4. The molecule has 16 heavy (non-hydrogen) atoms. The van der Waals surface area contributed by atoms with Gasteiger partial charge in [0.1, 0.15) is 5.82 Å². The molecule has 0 amide bonds. The van der Waals surface area contributed by atoms with Crippen LogP contribution in [-0.4, -0.2) is 9.97 Å². The van der Waals surface area contributed by atoms with Crippen LogP contribution in [0.4, 0.5) is 5.82 Å². The van der Waals surface area contributed by atoms with E-state index in [2.05, 4.69) is 9.97 Å². The molecule has 0 spiro atoms. The first-order valence-corrected chi connectivity index (χ1v) is 6.20. The molecule has 2 aromatic rings. The molecular formula is C11H12ClN3S. The van der Waals surface area contributed by atoms with Gasteiger partial charge in [0.15, 0.2) is 5.82 Å². The van der Waals surface area contributed by atoms with Crippen LogP contribution in [0.15, 0.2) is 12.1 Å². The molecule has 0 unspecified atom stereocenters. The zero-order chi connectivity index (χ0) is 11.7. The average Bonchev–Trinajstić information content (AvgIpc) is 2.64. The first kappa shape index (κ1) is 11.4. The molecule has 0 aliphatic heterocycles. The van der Waals surface area contributed by atoms with Crippen LogP contribution in [0.25, 0.3) is 10.7 Å². The molecule has 2 aromatic heterocycles. The Morgan fingerprint density at radius 1 is 1.38 bits per heavy atom. The molecule has 0 aromatic carbocycles. The number of thiophene rings is 1. The summed E-state index contributed by atoms with van der Waals surface area (Å²) in [5.74, 6) is 1.22. The van der Waals surface area contributed by atoms with Crippen LogP contribution in [0.1, 0.15) is 18.2 Å². The Morgan fingerprint density at radius 3 is 2.62 bits per heavy atom. The summed E-state index contributed by atoms with van der Waals surface area (Å²) in [7, 11) is 0. The topological polar surface area (TPSA) is 51.8 Å².